The predicted octanol–water partition coefficient (Wildman–Crippen LogP) is 3.81. The number of alkyl halides is 3. The average Bonchev–Trinajstić information content (AvgIpc) is 3.26. The van der Waals surface area contributed by atoms with Crippen molar-refractivity contribution in [3.63, 3.8) is 0 Å². The maximum Gasteiger partial charge on any atom is 0.490 e. The molecule has 0 saturated carbocycles. The highest BCUT2D eigenvalue weighted by atomic mass is 35.5. The van der Waals surface area contributed by atoms with Crippen LogP contribution in [0.4, 0.5) is 13.2 Å². The first-order chi connectivity index (χ1) is 17.1. The largest absolute Gasteiger partial charge is 0.490 e. The Bertz CT molecular complexity index is 1170. The lowest BCUT2D eigenvalue weighted by molar-refractivity contribution is -0.207. The van der Waals surface area contributed by atoms with Crippen LogP contribution in [-0.2, 0) is 20.7 Å². The number of esters is 1. The number of oxazole rings is 1. The lowest BCUT2D eigenvalue weighted by Gasteiger charge is -2.27. The number of carbonyl (C=O) groups excluding carboxylic acids is 2. The molecule has 0 radical (unpaired) electrons. The summed E-state index contributed by atoms with van der Waals surface area (Å²) in [7, 11) is 0. The number of fused-ring (bicyclic) bond motifs is 1. The molecule has 0 aliphatic heterocycles. The fraction of sp³-hybridized carbons (Fsp3) is 0.375. The van der Waals surface area contributed by atoms with E-state index < -0.39 is 36.2 Å². The first kappa shape index (κ1) is 27.4. The second-order valence-electron chi connectivity index (χ2n) is 8.16. The van der Waals surface area contributed by atoms with Crippen LogP contribution in [-0.4, -0.2) is 41.7 Å². The SMILES string of the molecule is NCCC[C@@H](N)C(=O)N[C@H](CCc1ccccc1)C(OC(=O)C(F)(F)F)c1nc2cc(Cl)ccc2o1. The van der Waals surface area contributed by atoms with Gasteiger partial charge >= 0.3 is 12.1 Å². The molecule has 12 heteroatoms. The van der Waals surface area contributed by atoms with Crippen molar-refractivity contribution >= 4 is 34.6 Å². The summed E-state index contributed by atoms with van der Waals surface area (Å²) in [6.45, 7) is 0.315. The summed E-state index contributed by atoms with van der Waals surface area (Å²) in [5.74, 6) is -3.40. The van der Waals surface area contributed by atoms with E-state index in [1.807, 2.05) is 18.2 Å². The third-order valence-corrected chi connectivity index (χ3v) is 5.65. The van der Waals surface area contributed by atoms with Gasteiger partial charge in [-0.3, -0.25) is 4.79 Å². The number of ether oxygens (including phenoxy) is 1. The molecule has 1 aromatic heterocycles. The minimum absolute atomic E-state index is 0.0919. The van der Waals surface area contributed by atoms with Crippen LogP contribution in [0.3, 0.4) is 0 Å². The standard InChI is InChI=1S/C24H26ClF3N4O4/c25-15-9-11-19-18(13-15)32-22(35-19)20(36-23(34)24(26,27)28)17(10-8-14-5-2-1-3-6-14)31-21(33)16(30)7-4-12-29/h1-3,5-6,9,11,13,16-17,20H,4,7-8,10,12,29-30H2,(H,31,33)/t16-,17-,20?/m1/s1. The van der Waals surface area contributed by atoms with Gasteiger partial charge in [-0.25, -0.2) is 9.78 Å². The Kier molecular flexibility index (Phi) is 9.30. The van der Waals surface area contributed by atoms with Crippen LogP contribution in [0.25, 0.3) is 11.1 Å². The molecule has 0 spiro atoms. The number of halogens is 4. The fourth-order valence-electron chi connectivity index (χ4n) is 3.55. The predicted molar refractivity (Wildman–Crippen MR) is 127 cm³/mol. The van der Waals surface area contributed by atoms with Gasteiger partial charge in [0.15, 0.2) is 11.7 Å². The van der Waals surface area contributed by atoms with Crippen LogP contribution in [0.15, 0.2) is 52.9 Å². The number of nitrogens with two attached hydrogens (primary N) is 2. The fourth-order valence-corrected chi connectivity index (χ4v) is 3.72. The normalized spacial score (nSPS) is 14.3. The molecular weight excluding hydrogens is 501 g/mol. The van der Waals surface area contributed by atoms with E-state index in [0.29, 0.717) is 24.4 Å². The molecule has 0 aliphatic rings. The molecule has 8 nitrogen and oxygen atoms in total. The molecule has 2 aromatic carbocycles. The molecule has 194 valence electrons. The second-order valence-corrected chi connectivity index (χ2v) is 8.60. The Balaban J connectivity index is 1.97. The number of nitrogens with one attached hydrogen (secondary N) is 1. The molecule has 0 saturated heterocycles. The van der Waals surface area contributed by atoms with Gasteiger partial charge < -0.3 is 25.9 Å². The monoisotopic (exact) mass is 526 g/mol. The van der Waals surface area contributed by atoms with Crippen molar-refractivity contribution in [2.45, 2.75) is 50.0 Å². The Morgan fingerprint density at radius 1 is 1.14 bits per heavy atom. The van der Waals surface area contributed by atoms with Gasteiger partial charge in [0.2, 0.25) is 11.8 Å². The Labute approximate surface area is 210 Å². The number of aromatic nitrogens is 1. The van der Waals surface area contributed by atoms with Gasteiger partial charge in [-0.2, -0.15) is 13.2 Å². The number of nitrogens with zero attached hydrogens (tertiary/aromatic N) is 1. The maximum atomic E-state index is 13.2. The number of hydrogen-bond donors (Lipinski definition) is 3. The molecule has 36 heavy (non-hydrogen) atoms. The zero-order chi connectivity index (χ0) is 26.3. The third-order valence-electron chi connectivity index (χ3n) is 5.41. The van der Waals surface area contributed by atoms with Crippen LogP contribution >= 0.6 is 11.6 Å². The van der Waals surface area contributed by atoms with E-state index in [0.717, 1.165) is 5.56 Å². The Morgan fingerprint density at radius 3 is 2.53 bits per heavy atom. The number of benzene rings is 2. The van der Waals surface area contributed by atoms with E-state index in [1.54, 1.807) is 12.1 Å². The van der Waals surface area contributed by atoms with Crippen molar-refractivity contribution in [3.8, 4) is 0 Å². The van der Waals surface area contributed by atoms with Crippen molar-refractivity contribution in [2.75, 3.05) is 6.54 Å². The van der Waals surface area contributed by atoms with Gasteiger partial charge in [0, 0.05) is 5.02 Å². The van der Waals surface area contributed by atoms with E-state index >= 15 is 0 Å². The summed E-state index contributed by atoms with van der Waals surface area (Å²) in [6, 6.07) is 11.4. The molecule has 3 atom stereocenters. The minimum Gasteiger partial charge on any atom is -0.443 e. The van der Waals surface area contributed by atoms with Gasteiger partial charge in [-0.1, -0.05) is 41.9 Å². The zero-order valence-corrected chi connectivity index (χ0v) is 19.9. The first-order valence-electron chi connectivity index (χ1n) is 11.2. The molecule has 0 fully saturated rings. The van der Waals surface area contributed by atoms with Crippen LogP contribution in [0.5, 0.6) is 0 Å². The first-order valence-corrected chi connectivity index (χ1v) is 11.6. The van der Waals surface area contributed by atoms with E-state index in [2.05, 4.69) is 10.3 Å². The molecular formula is C24H26ClF3N4O4. The summed E-state index contributed by atoms with van der Waals surface area (Å²) >= 11 is 5.98. The number of hydrogen-bond acceptors (Lipinski definition) is 7. The molecule has 1 unspecified atom stereocenters. The van der Waals surface area contributed by atoms with Crippen molar-refractivity contribution in [3.05, 3.63) is 65.0 Å². The summed E-state index contributed by atoms with van der Waals surface area (Å²) in [4.78, 5) is 28.9. The smallest absolute Gasteiger partial charge is 0.443 e. The summed E-state index contributed by atoms with van der Waals surface area (Å²) in [5.41, 5.74) is 12.7. The van der Waals surface area contributed by atoms with Crippen LogP contribution in [0.2, 0.25) is 5.02 Å². The molecule has 3 rings (SSSR count). The lowest BCUT2D eigenvalue weighted by Crippen LogP contribution is -2.49. The van der Waals surface area contributed by atoms with Crippen LogP contribution in [0, 0.1) is 0 Å². The molecule has 5 N–H and O–H groups in total. The third kappa shape index (κ3) is 7.42. The molecule has 3 aromatic rings. The summed E-state index contributed by atoms with van der Waals surface area (Å²) < 4.78 is 50.0. The number of rotatable bonds is 11. The highest BCUT2D eigenvalue weighted by Gasteiger charge is 2.45. The highest BCUT2D eigenvalue weighted by molar-refractivity contribution is 6.31. The van der Waals surface area contributed by atoms with Crippen molar-refractivity contribution in [1.29, 1.82) is 0 Å². The number of carbonyl (C=O) groups is 2. The van der Waals surface area contributed by atoms with Gasteiger partial charge in [0.1, 0.15) is 5.52 Å². The Morgan fingerprint density at radius 2 is 1.86 bits per heavy atom. The molecule has 0 aliphatic carbocycles. The number of amides is 1. The lowest BCUT2D eigenvalue weighted by atomic mass is 10.00. The molecule has 0 bridgehead atoms. The topological polar surface area (TPSA) is 133 Å². The highest BCUT2D eigenvalue weighted by Crippen LogP contribution is 2.31. The van der Waals surface area contributed by atoms with Gasteiger partial charge in [0.25, 0.3) is 0 Å². The van der Waals surface area contributed by atoms with Crippen LogP contribution in [0.1, 0.15) is 36.8 Å². The summed E-state index contributed by atoms with van der Waals surface area (Å²) in [5, 5.41) is 2.96. The van der Waals surface area contributed by atoms with Crippen LogP contribution < -0.4 is 16.8 Å². The zero-order valence-electron chi connectivity index (χ0n) is 19.1. The second kappa shape index (κ2) is 12.2. The van der Waals surface area contributed by atoms with Crippen molar-refractivity contribution < 1.29 is 31.9 Å². The number of aryl methyl sites for hydroxylation is 1. The van der Waals surface area contributed by atoms with Gasteiger partial charge in [0.05, 0.1) is 12.1 Å². The van der Waals surface area contributed by atoms with E-state index in [1.165, 1.54) is 18.2 Å². The van der Waals surface area contributed by atoms with Crippen molar-refractivity contribution in [1.82, 2.24) is 10.3 Å². The average molecular weight is 527 g/mol. The van der Waals surface area contributed by atoms with Gasteiger partial charge in [-0.15, -0.1) is 0 Å². The van der Waals surface area contributed by atoms with Crippen molar-refractivity contribution in [2.24, 2.45) is 11.5 Å². The van der Waals surface area contributed by atoms with Gasteiger partial charge in [-0.05, 0) is 56.0 Å². The maximum absolute atomic E-state index is 13.2. The Hall–Kier alpha value is -3.15. The molecule has 1 amide bonds. The van der Waals surface area contributed by atoms with E-state index in [4.69, 9.17) is 32.2 Å². The molecule has 1 heterocycles. The summed E-state index contributed by atoms with van der Waals surface area (Å²) in [6.07, 6.45) is -5.80. The van der Waals surface area contributed by atoms with E-state index in [9.17, 15) is 22.8 Å². The quantitative estimate of drug-likeness (QED) is 0.323. The van der Waals surface area contributed by atoms with E-state index in [-0.39, 0.29) is 29.8 Å². The minimum atomic E-state index is -5.28.